The van der Waals surface area contributed by atoms with Crippen LogP contribution < -0.4 is 10.0 Å². The van der Waals surface area contributed by atoms with Gasteiger partial charge in [-0.15, -0.1) is 11.3 Å². The van der Waals surface area contributed by atoms with E-state index in [0.717, 1.165) is 29.7 Å². The van der Waals surface area contributed by atoms with Gasteiger partial charge in [-0.3, -0.25) is 18.9 Å². The second-order valence-corrected chi connectivity index (χ2v) is 16.5. The summed E-state index contributed by atoms with van der Waals surface area (Å²) in [5, 5.41) is 20.4. The normalized spacial score (nSPS) is 18.0. The number of rotatable bonds is 9. The molecule has 2 aromatic carbocycles. The Bertz CT molecular complexity index is 2750. The summed E-state index contributed by atoms with van der Waals surface area (Å²) < 4.78 is 131. The number of carbonyl (C=O) groups excluding carboxylic acids is 1. The summed E-state index contributed by atoms with van der Waals surface area (Å²) in [4.78, 5) is 22.8. The molecule has 0 bridgehead atoms. The Morgan fingerprint density at radius 3 is 2.46 bits per heavy atom. The first kappa shape index (κ1) is 37.3. The number of pyridine rings is 1. The zero-order chi connectivity index (χ0) is 40.1. The first-order chi connectivity index (χ1) is 26.3. The van der Waals surface area contributed by atoms with E-state index in [2.05, 4.69) is 30.2 Å². The van der Waals surface area contributed by atoms with Gasteiger partial charge in [-0.05, 0) is 55.0 Å². The van der Waals surface area contributed by atoms with Gasteiger partial charge >= 0.3 is 6.18 Å². The number of alkyl halides is 5. The molecule has 2 aliphatic carbocycles. The molecule has 4 aromatic heterocycles. The summed E-state index contributed by atoms with van der Waals surface area (Å²) in [6, 6.07) is 9.60. The van der Waals surface area contributed by atoms with Gasteiger partial charge in [0.05, 0.1) is 28.2 Å². The minimum Gasteiger partial charge on any atom is -0.346 e. The first-order valence-electron chi connectivity index (χ1n) is 16.8. The third-order valence-electron chi connectivity index (χ3n) is 9.95. The highest BCUT2D eigenvalue weighted by Crippen LogP contribution is 2.64. The van der Waals surface area contributed by atoms with Crippen LogP contribution in [0.25, 0.3) is 32.4 Å². The lowest BCUT2D eigenvalue weighted by Gasteiger charge is -2.34. The Balaban J connectivity index is 1.28. The van der Waals surface area contributed by atoms with Crippen LogP contribution in [0, 0.1) is 28.9 Å². The number of thiazole rings is 1. The standard InChI is InChI=1S/C35H26F7N9O3S2/c1-50-29-18(4-3-5-20(29)32(48-50)49-56(2,53)54)21-12-24-33(45-26(13-43)55-24)46-28(21)23(10-15-8-16(36)11-17(37)9-15)44-25(52)14-51-31-27(30(47-51)35(40,41)42)19-6-7-22(19)34(31,38)39/h3-5,8-9,11-12,19,22-23H,6-7,10,14H2,1-2H3,(H,44,52)(H,48,49)/t19-,22+,23?/m0/s1. The number of aromatic nitrogens is 6. The van der Waals surface area contributed by atoms with E-state index in [-0.39, 0.29) is 52.6 Å². The molecule has 290 valence electrons. The molecule has 8 rings (SSSR count). The molecule has 1 fully saturated rings. The van der Waals surface area contributed by atoms with Crippen LogP contribution in [-0.4, -0.2) is 50.1 Å². The van der Waals surface area contributed by atoms with E-state index < -0.39 is 81.0 Å². The molecule has 0 saturated heterocycles. The lowest BCUT2D eigenvalue weighted by atomic mass is 9.73. The number of fused-ring (bicyclic) bond motifs is 5. The summed E-state index contributed by atoms with van der Waals surface area (Å²) in [6.45, 7) is -1.08. The number of anilines is 1. The van der Waals surface area contributed by atoms with Crippen molar-refractivity contribution in [3.63, 3.8) is 0 Å². The number of nitrogens with zero attached hydrogens (tertiary/aromatic N) is 7. The number of para-hydroxylation sites is 1. The number of halogens is 7. The number of amides is 1. The molecule has 4 heterocycles. The molecule has 1 saturated carbocycles. The molecule has 2 N–H and O–H groups in total. The van der Waals surface area contributed by atoms with Gasteiger partial charge in [-0.1, -0.05) is 12.1 Å². The topological polar surface area (TPSA) is 160 Å². The fourth-order valence-corrected chi connectivity index (χ4v) is 8.97. The molecule has 12 nitrogen and oxygen atoms in total. The van der Waals surface area contributed by atoms with Crippen LogP contribution in [0.1, 0.15) is 58.0 Å². The number of aryl methyl sites for hydroxylation is 1. The quantitative estimate of drug-likeness (QED) is 0.153. The van der Waals surface area contributed by atoms with Crippen LogP contribution in [0.5, 0.6) is 0 Å². The zero-order valence-corrected chi connectivity index (χ0v) is 30.6. The van der Waals surface area contributed by atoms with Gasteiger partial charge < -0.3 is 5.32 Å². The summed E-state index contributed by atoms with van der Waals surface area (Å²) in [5.41, 5.74) is -2.04. The van der Waals surface area contributed by atoms with E-state index in [0.29, 0.717) is 31.9 Å². The van der Waals surface area contributed by atoms with Crippen molar-refractivity contribution in [3.8, 4) is 17.2 Å². The molecule has 0 spiro atoms. The third-order valence-corrected chi connectivity index (χ3v) is 11.4. The zero-order valence-electron chi connectivity index (χ0n) is 28.9. The smallest absolute Gasteiger partial charge is 0.346 e. The molecular weight excluding hydrogens is 792 g/mol. The second kappa shape index (κ2) is 13.0. The van der Waals surface area contributed by atoms with Crippen molar-refractivity contribution in [2.75, 3.05) is 11.0 Å². The summed E-state index contributed by atoms with van der Waals surface area (Å²) in [7, 11) is -2.24. The number of nitrogens with one attached hydrogen (secondary N) is 2. The Labute approximate surface area is 316 Å². The van der Waals surface area contributed by atoms with Crippen molar-refractivity contribution in [3.05, 3.63) is 87.3 Å². The van der Waals surface area contributed by atoms with Gasteiger partial charge in [0.15, 0.2) is 22.2 Å². The maximum Gasteiger partial charge on any atom is 0.435 e. The predicted octanol–water partition coefficient (Wildman–Crippen LogP) is 6.68. The fraction of sp³-hybridized carbons (Fsp3) is 0.314. The summed E-state index contributed by atoms with van der Waals surface area (Å²) in [5.74, 6) is -9.13. The SMILES string of the molecule is Cn1nc(NS(C)(=O)=O)c2cccc(-c3cc4sc(C#N)nc4nc3C(Cc3cc(F)cc(F)c3)NC(=O)Cn3nc(C(F)(F)F)c4c3C(F)(F)[C@@H]3CC[C@H]43)c21. The lowest BCUT2D eigenvalue weighted by Crippen LogP contribution is -2.36. The second-order valence-electron chi connectivity index (χ2n) is 13.7. The van der Waals surface area contributed by atoms with E-state index in [1.807, 2.05) is 6.07 Å². The van der Waals surface area contributed by atoms with E-state index in [9.17, 15) is 40.4 Å². The van der Waals surface area contributed by atoms with E-state index in [1.54, 1.807) is 31.3 Å². The monoisotopic (exact) mass is 817 g/mol. The fourth-order valence-electron chi connectivity index (χ4n) is 7.73. The van der Waals surface area contributed by atoms with Gasteiger partial charge in [-0.2, -0.15) is 37.4 Å². The van der Waals surface area contributed by atoms with Crippen molar-refractivity contribution in [1.29, 1.82) is 5.26 Å². The lowest BCUT2D eigenvalue weighted by molar-refractivity contribution is -0.144. The highest BCUT2D eigenvalue weighted by Gasteiger charge is 2.63. The Morgan fingerprint density at radius 2 is 1.82 bits per heavy atom. The van der Waals surface area contributed by atoms with Crippen molar-refractivity contribution >= 4 is 54.3 Å². The number of benzene rings is 2. The summed E-state index contributed by atoms with van der Waals surface area (Å²) in [6.07, 6.45) is -4.41. The maximum absolute atomic E-state index is 15.6. The molecule has 56 heavy (non-hydrogen) atoms. The van der Waals surface area contributed by atoms with Crippen molar-refractivity contribution in [2.24, 2.45) is 13.0 Å². The third kappa shape index (κ3) is 6.39. The Kier molecular flexibility index (Phi) is 8.65. The van der Waals surface area contributed by atoms with Gasteiger partial charge in [0.2, 0.25) is 15.9 Å². The first-order valence-corrected chi connectivity index (χ1v) is 19.5. The number of hydrogen-bond donors (Lipinski definition) is 2. The van der Waals surface area contributed by atoms with Crippen LogP contribution in [-0.2, 0) is 46.9 Å². The van der Waals surface area contributed by atoms with Gasteiger partial charge in [0.1, 0.15) is 29.9 Å². The number of nitriles is 1. The molecule has 0 radical (unpaired) electrons. The maximum atomic E-state index is 15.6. The number of sulfonamides is 1. The number of carbonyl (C=O) groups is 1. The van der Waals surface area contributed by atoms with Gasteiger partial charge in [0.25, 0.3) is 5.92 Å². The van der Waals surface area contributed by atoms with Gasteiger partial charge in [-0.25, -0.2) is 27.2 Å². The minimum atomic E-state index is -5.08. The molecule has 6 aromatic rings. The van der Waals surface area contributed by atoms with E-state index in [1.165, 1.54) is 4.68 Å². The molecular formula is C35H26F7N9O3S2. The average Bonchev–Trinajstić information content (AvgIpc) is 3.77. The van der Waals surface area contributed by atoms with Crippen LogP contribution in [0.2, 0.25) is 0 Å². The van der Waals surface area contributed by atoms with Crippen molar-refractivity contribution in [1.82, 2.24) is 34.8 Å². The van der Waals surface area contributed by atoms with Crippen LogP contribution in [0.3, 0.4) is 0 Å². The highest BCUT2D eigenvalue weighted by molar-refractivity contribution is 7.92. The largest absolute Gasteiger partial charge is 0.435 e. The van der Waals surface area contributed by atoms with E-state index >= 15 is 8.78 Å². The van der Waals surface area contributed by atoms with E-state index in [4.69, 9.17) is 0 Å². The predicted molar refractivity (Wildman–Crippen MR) is 188 cm³/mol. The average molecular weight is 818 g/mol. The highest BCUT2D eigenvalue weighted by atomic mass is 32.2. The van der Waals surface area contributed by atoms with Crippen LogP contribution >= 0.6 is 11.3 Å². The molecule has 2 aliphatic rings. The molecule has 0 aliphatic heterocycles. The molecule has 21 heteroatoms. The molecule has 1 amide bonds. The van der Waals surface area contributed by atoms with Gasteiger partial charge in [0, 0.05) is 41.1 Å². The minimum absolute atomic E-state index is 0.00156. The van der Waals surface area contributed by atoms with Crippen LogP contribution in [0.15, 0.2) is 42.5 Å². The molecule has 1 unspecified atom stereocenters. The molecule has 3 atom stereocenters. The Morgan fingerprint density at radius 1 is 1.09 bits per heavy atom. The van der Waals surface area contributed by atoms with Crippen LogP contribution in [0.4, 0.5) is 36.6 Å². The van der Waals surface area contributed by atoms with Crippen molar-refractivity contribution in [2.45, 2.75) is 49.9 Å². The summed E-state index contributed by atoms with van der Waals surface area (Å²) >= 11 is 0.984. The number of hydrogen-bond acceptors (Lipinski definition) is 9. The van der Waals surface area contributed by atoms with Crippen molar-refractivity contribution < 1.29 is 43.9 Å². The Hall–Kier alpha value is -5.62.